The molecule has 0 amide bonds. The summed E-state index contributed by atoms with van der Waals surface area (Å²) in [4.78, 5) is 23.2. The fraction of sp³-hybridized carbons (Fsp3) is 0.214. The van der Waals surface area contributed by atoms with Crippen molar-refractivity contribution < 1.29 is 18.4 Å². The van der Waals surface area contributed by atoms with Gasteiger partial charge in [-0.2, -0.15) is 13.2 Å². The van der Waals surface area contributed by atoms with Crippen LogP contribution in [0.15, 0.2) is 34.2 Å². The Balaban J connectivity index is 2.12. The average Bonchev–Trinajstić information content (AvgIpc) is 2.93. The summed E-state index contributed by atoms with van der Waals surface area (Å²) in [5.41, 5.74) is -1.32. The molecule has 10 heteroatoms. The van der Waals surface area contributed by atoms with Crippen LogP contribution in [0.1, 0.15) is 12.5 Å². The first-order chi connectivity index (χ1) is 11.3. The summed E-state index contributed by atoms with van der Waals surface area (Å²) in [6.07, 6.45) is -4.47. The maximum Gasteiger partial charge on any atom is 0.416 e. The molecule has 0 saturated carbocycles. The third-order valence-corrected chi connectivity index (χ3v) is 3.99. The number of rotatable bonds is 3. The van der Waals surface area contributed by atoms with Gasteiger partial charge in [0, 0.05) is 5.56 Å². The zero-order chi connectivity index (χ0) is 17.5. The highest BCUT2D eigenvalue weighted by Gasteiger charge is 2.30. The van der Waals surface area contributed by atoms with Crippen molar-refractivity contribution in [1.82, 2.24) is 19.7 Å². The fourth-order valence-corrected chi connectivity index (χ4v) is 2.72. The number of fused-ring (bicyclic) bond motifs is 1. The van der Waals surface area contributed by atoms with E-state index in [1.54, 1.807) is 0 Å². The van der Waals surface area contributed by atoms with Crippen molar-refractivity contribution in [2.24, 2.45) is 0 Å². The summed E-state index contributed by atoms with van der Waals surface area (Å²) in [5, 5.41) is 10.5. The van der Waals surface area contributed by atoms with Gasteiger partial charge in [0.05, 0.1) is 5.56 Å². The van der Waals surface area contributed by atoms with E-state index in [0.717, 1.165) is 30.0 Å². The molecule has 2 N–H and O–H groups in total. The minimum atomic E-state index is -4.47. The van der Waals surface area contributed by atoms with E-state index in [2.05, 4.69) is 15.0 Å². The van der Waals surface area contributed by atoms with E-state index in [4.69, 9.17) is 0 Å². The number of aromatic nitrogens is 4. The van der Waals surface area contributed by atoms with Crippen molar-refractivity contribution in [1.29, 1.82) is 0 Å². The quantitative estimate of drug-likeness (QED) is 0.556. The second-order valence-corrected chi connectivity index (χ2v) is 6.05. The maximum atomic E-state index is 12.6. The maximum absolute atomic E-state index is 12.6. The molecule has 3 aromatic rings. The van der Waals surface area contributed by atoms with Gasteiger partial charge in [-0.3, -0.25) is 4.79 Å². The molecule has 0 fully saturated rings. The van der Waals surface area contributed by atoms with Gasteiger partial charge in [0.25, 0.3) is 0 Å². The lowest BCUT2D eigenvalue weighted by Gasteiger charge is -2.08. The van der Waals surface area contributed by atoms with Gasteiger partial charge >= 0.3 is 11.7 Å². The molecule has 0 aliphatic heterocycles. The first kappa shape index (κ1) is 16.4. The predicted molar refractivity (Wildman–Crippen MR) is 82.2 cm³/mol. The Hall–Kier alpha value is -2.49. The zero-order valence-corrected chi connectivity index (χ0v) is 13.1. The topological polar surface area (TPSA) is 83.8 Å². The van der Waals surface area contributed by atoms with Gasteiger partial charge in [-0.05, 0) is 17.9 Å². The third-order valence-electron chi connectivity index (χ3n) is 3.23. The Morgan fingerprint density at radius 3 is 2.50 bits per heavy atom. The highest BCUT2D eigenvalue weighted by molar-refractivity contribution is 7.99. The monoisotopic (exact) mass is 356 g/mol. The van der Waals surface area contributed by atoms with Crippen molar-refractivity contribution in [2.45, 2.75) is 18.3 Å². The number of imidazole rings is 1. The standard InChI is InChI=1S/C14H11F3N4O2S/c1-2-24-13-18-9-10(20-13)19-11(21(23)12(9)22)7-3-5-8(6-4-7)14(15,16)17/h3-6,23H,2H2,1H3,(H,18,20). The van der Waals surface area contributed by atoms with E-state index >= 15 is 0 Å². The zero-order valence-electron chi connectivity index (χ0n) is 12.3. The molecule has 0 atom stereocenters. The number of halogens is 3. The molecule has 2 heterocycles. The molecule has 24 heavy (non-hydrogen) atoms. The largest absolute Gasteiger partial charge is 0.423 e. The van der Waals surface area contributed by atoms with Gasteiger partial charge in [-0.15, -0.1) is 4.73 Å². The van der Waals surface area contributed by atoms with Crippen LogP contribution in [-0.2, 0) is 6.18 Å². The minimum Gasteiger partial charge on any atom is -0.423 e. The molecule has 0 spiro atoms. The molecule has 0 radical (unpaired) electrons. The van der Waals surface area contributed by atoms with E-state index in [1.165, 1.54) is 11.8 Å². The second-order valence-electron chi connectivity index (χ2n) is 4.80. The Morgan fingerprint density at radius 2 is 1.92 bits per heavy atom. The molecular weight excluding hydrogens is 345 g/mol. The number of alkyl halides is 3. The summed E-state index contributed by atoms with van der Waals surface area (Å²) in [7, 11) is 0. The smallest absolute Gasteiger partial charge is 0.416 e. The molecule has 126 valence electrons. The number of nitrogens with one attached hydrogen (secondary N) is 1. The van der Waals surface area contributed by atoms with Gasteiger partial charge in [-0.25, -0.2) is 9.97 Å². The number of nitrogens with zero attached hydrogens (tertiary/aromatic N) is 3. The molecule has 0 bridgehead atoms. The normalized spacial score (nSPS) is 12.0. The van der Waals surface area contributed by atoms with Crippen molar-refractivity contribution in [3.63, 3.8) is 0 Å². The van der Waals surface area contributed by atoms with Crippen LogP contribution in [0.3, 0.4) is 0 Å². The van der Waals surface area contributed by atoms with E-state index in [-0.39, 0.29) is 22.6 Å². The van der Waals surface area contributed by atoms with E-state index in [1.807, 2.05) is 6.92 Å². The first-order valence-electron chi connectivity index (χ1n) is 6.83. The van der Waals surface area contributed by atoms with Crippen molar-refractivity contribution >= 4 is 22.9 Å². The molecule has 2 aromatic heterocycles. The Bertz CT molecular complexity index is 948. The summed E-state index contributed by atoms with van der Waals surface area (Å²) in [6, 6.07) is 3.98. The van der Waals surface area contributed by atoms with Crippen LogP contribution in [-0.4, -0.2) is 30.6 Å². The third kappa shape index (κ3) is 2.84. The minimum absolute atomic E-state index is 0.0316. The number of hydrogen-bond donors (Lipinski definition) is 2. The molecule has 0 saturated heterocycles. The Morgan fingerprint density at radius 1 is 1.25 bits per heavy atom. The molecule has 6 nitrogen and oxygen atoms in total. The summed E-state index contributed by atoms with van der Waals surface area (Å²) < 4.78 is 38.1. The number of aromatic amines is 1. The molecular formula is C14H11F3N4O2S. The summed E-state index contributed by atoms with van der Waals surface area (Å²) in [6.45, 7) is 1.91. The van der Waals surface area contributed by atoms with Crippen molar-refractivity contribution in [3.05, 3.63) is 40.2 Å². The lowest BCUT2D eigenvalue weighted by molar-refractivity contribution is -0.137. The summed E-state index contributed by atoms with van der Waals surface area (Å²) >= 11 is 1.36. The van der Waals surface area contributed by atoms with Gasteiger partial charge in [0.1, 0.15) is 0 Å². The highest BCUT2D eigenvalue weighted by Crippen LogP contribution is 2.30. The lowest BCUT2D eigenvalue weighted by atomic mass is 10.1. The highest BCUT2D eigenvalue weighted by atomic mass is 32.2. The molecule has 0 aliphatic carbocycles. The summed E-state index contributed by atoms with van der Waals surface area (Å²) in [5.74, 6) is 0.541. The fourth-order valence-electron chi connectivity index (χ4n) is 2.12. The molecule has 0 aliphatic rings. The van der Waals surface area contributed by atoms with Crippen molar-refractivity contribution in [2.75, 3.05) is 5.75 Å². The van der Waals surface area contributed by atoms with Crippen LogP contribution in [0.2, 0.25) is 0 Å². The number of benzene rings is 1. The van der Waals surface area contributed by atoms with Crippen LogP contribution in [0.5, 0.6) is 0 Å². The van der Waals surface area contributed by atoms with Crippen molar-refractivity contribution in [3.8, 4) is 11.4 Å². The lowest BCUT2D eigenvalue weighted by Crippen LogP contribution is -2.21. The van der Waals surface area contributed by atoms with E-state index in [9.17, 15) is 23.2 Å². The van der Waals surface area contributed by atoms with Crippen LogP contribution in [0, 0.1) is 0 Å². The van der Waals surface area contributed by atoms with E-state index < -0.39 is 17.3 Å². The number of H-pyrrole nitrogens is 1. The number of thioether (sulfide) groups is 1. The molecule has 1 aromatic carbocycles. The van der Waals surface area contributed by atoms with Gasteiger partial charge in [0.15, 0.2) is 22.1 Å². The first-order valence-corrected chi connectivity index (χ1v) is 7.82. The van der Waals surface area contributed by atoms with Gasteiger partial charge in [0.2, 0.25) is 0 Å². The van der Waals surface area contributed by atoms with Gasteiger partial charge in [-0.1, -0.05) is 30.8 Å². The Kier molecular flexibility index (Phi) is 3.99. The van der Waals surface area contributed by atoms with Crippen LogP contribution >= 0.6 is 11.8 Å². The van der Waals surface area contributed by atoms with Gasteiger partial charge < -0.3 is 10.2 Å². The SMILES string of the molecule is CCSc1nc2nc(-c3ccc(C(F)(F)F)cc3)n(O)c(=O)c2[nH]1. The van der Waals surface area contributed by atoms with Crippen LogP contribution in [0.25, 0.3) is 22.6 Å². The van der Waals surface area contributed by atoms with E-state index in [0.29, 0.717) is 9.89 Å². The second kappa shape index (κ2) is 5.86. The predicted octanol–water partition coefficient (Wildman–Crippen LogP) is 3.15. The number of hydrogen-bond acceptors (Lipinski definition) is 5. The average molecular weight is 356 g/mol. The Labute approximate surface area is 137 Å². The van der Waals surface area contributed by atoms with Crippen LogP contribution in [0.4, 0.5) is 13.2 Å². The van der Waals surface area contributed by atoms with Crippen LogP contribution < -0.4 is 5.56 Å². The molecule has 0 unspecified atom stereocenters. The molecule has 3 rings (SSSR count).